The van der Waals surface area contributed by atoms with E-state index in [-0.39, 0.29) is 0 Å². The van der Waals surface area contributed by atoms with Crippen LogP contribution in [0.3, 0.4) is 0 Å². The maximum atomic E-state index is 8.77. The average molecular weight is 313 g/mol. The topological polar surface area (TPSA) is 26.7 Å². The number of rotatable bonds is 7. The zero-order chi connectivity index (χ0) is 16.4. The van der Waals surface area contributed by atoms with Gasteiger partial charge >= 0.3 is 0 Å². The average Bonchev–Trinajstić information content (AvgIpc) is 2.39. The Hall–Kier alpha value is -0.120. The van der Waals surface area contributed by atoms with Crippen molar-refractivity contribution in [2.24, 2.45) is 11.8 Å². The Balaban J connectivity index is 0.000000224. The summed E-state index contributed by atoms with van der Waals surface area (Å²) in [5, 5.41) is 8.77. The lowest BCUT2D eigenvalue weighted by Crippen LogP contribution is -2.39. The molecular formula is C19H40N2O. The number of aliphatic hydroxyl groups is 1. The summed E-state index contributed by atoms with van der Waals surface area (Å²) in [6.45, 7) is 12.2. The van der Waals surface area contributed by atoms with Crippen LogP contribution in [0.5, 0.6) is 0 Å². The fourth-order valence-electron chi connectivity index (χ4n) is 3.55. The van der Waals surface area contributed by atoms with E-state index >= 15 is 0 Å². The van der Waals surface area contributed by atoms with Gasteiger partial charge in [-0.25, -0.2) is 0 Å². The van der Waals surface area contributed by atoms with Gasteiger partial charge in [0.15, 0.2) is 0 Å². The predicted octanol–water partition coefficient (Wildman–Crippen LogP) is 3.62. The van der Waals surface area contributed by atoms with Gasteiger partial charge in [-0.2, -0.15) is 0 Å². The van der Waals surface area contributed by atoms with E-state index in [1.165, 1.54) is 64.7 Å². The van der Waals surface area contributed by atoms with E-state index in [4.69, 9.17) is 5.11 Å². The van der Waals surface area contributed by atoms with E-state index in [0.29, 0.717) is 6.61 Å². The number of piperidine rings is 1. The molecule has 0 spiro atoms. The van der Waals surface area contributed by atoms with E-state index in [9.17, 15) is 0 Å². The zero-order valence-corrected chi connectivity index (χ0v) is 15.6. The van der Waals surface area contributed by atoms with Gasteiger partial charge in [0.05, 0.1) is 0 Å². The molecule has 1 aliphatic carbocycles. The van der Waals surface area contributed by atoms with Crippen LogP contribution >= 0.6 is 0 Å². The first kappa shape index (κ1) is 19.9. The molecule has 2 fully saturated rings. The van der Waals surface area contributed by atoms with Crippen LogP contribution in [0.1, 0.15) is 65.7 Å². The molecule has 0 aromatic heterocycles. The Bertz CT molecular complexity index is 244. The van der Waals surface area contributed by atoms with Crippen LogP contribution in [0.2, 0.25) is 0 Å². The van der Waals surface area contributed by atoms with Crippen molar-refractivity contribution < 1.29 is 5.11 Å². The molecule has 0 amide bonds. The fraction of sp³-hybridized carbons (Fsp3) is 1.00. The van der Waals surface area contributed by atoms with Crippen molar-refractivity contribution in [3.8, 4) is 0 Å². The maximum Gasteiger partial charge on any atom is 0.0433 e. The van der Waals surface area contributed by atoms with Gasteiger partial charge in [-0.3, -0.25) is 0 Å². The van der Waals surface area contributed by atoms with Crippen molar-refractivity contribution in [2.75, 3.05) is 39.8 Å². The fourth-order valence-corrected chi connectivity index (χ4v) is 3.55. The summed E-state index contributed by atoms with van der Waals surface area (Å²) in [6, 6.07) is 0.919. The minimum absolute atomic E-state index is 0.373. The molecule has 0 aromatic rings. The summed E-state index contributed by atoms with van der Waals surface area (Å²) in [5.74, 6) is 1.62. The van der Waals surface area contributed by atoms with Gasteiger partial charge in [-0.05, 0) is 77.0 Å². The van der Waals surface area contributed by atoms with Crippen LogP contribution in [0.4, 0.5) is 0 Å². The van der Waals surface area contributed by atoms with Gasteiger partial charge < -0.3 is 14.9 Å². The standard InChI is InChI=1S/C10H21NO.C9H19N/c1-2-6-11-7-3-10(4-8-11)5-9-12;1-8(2)7-10(3)9-5-4-6-9/h10,12H,2-9H2,1H3;8-9H,4-7H2,1-3H3. The zero-order valence-electron chi connectivity index (χ0n) is 15.6. The molecule has 132 valence electrons. The monoisotopic (exact) mass is 312 g/mol. The molecule has 22 heavy (non-hydrogen) atoms. The van der Waals surface area contributed by atoms with Crippen molar-refractivity contribution in [1.82, 2.24) is 9.80 Å². The van der Waals surface area contributed by atoms with E-state index in [1.807, 2.05) is 0 Å². The second kappa shape index (κ2) is 11.4. The Morgan fingerprint density at radius 2 is 1.77 bits per heavy atom. The van der Waals surface area contributed by atoms with Gasteiger partial charge in [0.25, 0.3) is 0 Å². The first-order valence-electron chi connectivity index (χ1n) is 9.60. The lowest BCUT2D eigenvalue weighted by molar-refractivity contribution is 0.145. The molecular weight excluding hydrogens is 272 g/mol. The molecule has 1 N–H and O–H groups in total. The van der Waals surface area contributed by atoms with Crippen LogP contribution in [-0.2, 0) is 0 Å². The van der Waals surface area contributed by atoms with Crippen LogP contribution in [0.25, 0.3) is 0 Å². The van der Waals surface area contributed by atoms with Crippen LogP contribution in [0, 0.1) is 11.8 Å². The summed E-state index contributed by atoms with van der Waals surface area (Å²) in [7, 11) is 2.25. The second-order valence-corrected chi connectivity index (χ2v) is 7.72. The van der Waals surface area contributed by atoms with Crippen LogP contribution < -0.4 is 0 Å². The minimum atomic E-state index is 0.373. The second-order valence-electron chi connectivity index (χ2n) is 7.72. The first-order valence-corrected chi connectivity index (χ1v) is 9.60. The molecule has 0 atom stereocenters. The number of hydrogen-bond donors (Lipinski definition) is 1. The maximum absolute atomic E-state index is 8.77. The summed E-state index contributed by atoms with van der Waals surface area (Å²) in [5.41, 5.74) is 0. The number of nitrogens with zero attached hydrogens (tertiary/aromatic N) is 2. The van der Waals surface area contributed by atoms with Gasteiger partial charge in [-0.1, -0.05) is 27.2 Å². The van der Waals surface area contributed by atoms with Crippen molar-refractivity contribution in [1.29, 1.82) is 0 Å². The third-order valence-electron chi connectivity index (χ3n) is 5.14. The van der Waals surface area contributed by atoms with E-state index in [0.717, 1.165) is 24.3 Å². The largest absolute Gasteiger partial charge is 0.396 e. The SMILES string of the molecule is CC(C)CN(C)C1CCC1.CCCN1CCC(CCO)CC1. The highest BCUT2D eigenvalue weighted by Gasteiger charge is 2.21. The number of likely N-dealkylation sites (tertiary alicyclic amines) is 1. The third-order valence-corrected chi connectivity index (χ3v) is 5.14. The lowest BCUT2D eigenvalue weighted by atomic mass is 9.91. The molecule has 2 rings (SSSR count). The van der Waals surface area contributed by atoms with Gasteiger partial charge in [0.1, 0.15) is 0 Å². The molecule has 1 heterocycles. The van der Waals surface area contributed by atoms with Crippen molar-refractivity contribution in [3.63, 3.8) is 0 Å². The smallest absolute Gasteiger partial charge is 0.0433 e. The summed E-state index contributed by atoms with van der Waals surface area (Å²) in [6.07, 6.45) is 9.19. The molecule has 2 aliphatic rings. The molecule has 1 saturated heterocycles. The normalized spacial score (nSPS) is 20.9. The highest BCUT2D eigenvalue weighted by atomic mass is 16.3. The Kier molecular flexibility index (Phi) is 10.3. The summed E-state index contributed by atoms with van der Waals surface area (Å²) in [4.78, 5) is 5.04. The van der Waals surface area contributed by atoms with E-state index in [2.05, 4.69) is 37.6 Å². The molecule has 0 unspecified atom stereocenters. The van der Waals surface area contributed by atoms with Gasteiger partial charge in [-0.15, -0.1) is 0 Å². The number of hydrogen-bond acceptors (Lipinski definition) is 3. The van der Waals surface area contributed by atoms with Crippen molar-refractivity contribution in [3.05, 3.63) is 0 Å². The first-order chi connectivity index (χ1) is 10.6. The summed E-state index contributed by atoms with van der Waals surface area (Å²) < 4.78 is 0. The minimum Gasteiger partial charge on any atom is -0.396 e. The molecule has 0 aromatic carbocycles. The Labute approximate surface area is 139 Å². The quantitative estimate of drug-likeness (QED) is 0.778. The van der Waals surface area contributed by atoms with Crippen molar-refractivity contribution in [2.45, 2.75) is 71.8 Å². The molecule has 0 bridgehead atoms. The molecule has 1 aliphatic heterocycles. The van der Waals surface area contributed by atoms with E-state index < -0.39 is 0 Å². The highest BCUT2D eigenvalue weighted by molar-refractivity contribution is 4.78. The lowest BCUT2D eigenvalue weighted by Gasteiger charge is -2.35. The van der Waals surface area contributed by atoms with E-state index in [1.54, 1.807) is 0 Å². The van der Waals surface area contributed by atoms with Crippen LogP contribution in [0.15, 0.2) is 0 Å². The van der Waals surface area contributed by atoms with Crippen molar-refractivity contribution >= 4 is 0 Å². The number of aliphatic hydroxyl groups excluding tert-OH is 1. The van der Waals surface area contributed by atoms with Crippen LogP contribution in [-0.4, -0.2) is 60.8 Å². The third kappa shape index (κ3) is 7.94. The highest BCUT2D eigenvalue weighted by Crippen LogP contribution is 2.23. The van der Waals surface area contributed by atoms with Gasteiger partial charge in [0.2, 0.25) is 0 Å². The molecule has 1 saturated carbocycles. The van der Waals surface area contributed by atoms with Gasteiger partial charge in [0, 0.05) is 19.2 Å². The molecule has 0 radical (unpaired) electrons. The summed E-state index contributed by atoms with van der Waals surface area (Å²) >= 11 is 0. The predicted molar refractivity (Wildman–Crippen MR) is 96.3 cm³/mol. The molecule has 3 nitrogen and oxygen atoms in total. The molecule has 3 heteroatoms. The Morgan fingerprint density at radius 3 is 2.18 bits per heavy atom. The Morgan fingerprint density at radius 1 is 1.14 bits per heavy atom.